The minimum atomic E-state index is -4.45. The van der Waals surface area contributed by atoms with Crippen molar-refractivity contribution in [1.82, 2.24) is 30.4 Å². The molecule has 3 aromatic rings. The summed E-state index contributed by atoms with van der Waals surface area (Å²) in [6.07, 6.45) is -9.31. The zero-order valence-electron chi connectivity index (χ0n) is 22.7. The number of carbonyl (C=O) groups is 2. The van der Waals surface area contributed by atoms with Crippen LogP contribution in [0.4, 0.5) is 35.1 Å². The van der Waals surface area contributed by atoms with Crippen molar-refractivity contribution in [1.29, 1.82) is 0 Å². The molecule has 2 heterocycles. The van der Waals surface area contributed by atoms with Crippen molar-refractivity contribution in [2.24, 2.45) is 0 Å². The largest absolute Gasteiger partial charge is 0.390 e. The third-order valence-electron chi connectivity index (χ3n) is 6.37. The molecule has 0 bridgehead atoms. The third kappa shape index (κ3) is 11.7. The van der Waals surface area contributed by atoms with E-state index in [0.29, 0.717) is 39.9 Å². The molecule has 0 saturated heterocycles. The Morgan fingerprint density at radius 1 is 0.930 bits per heavy atom. The van der Waals surface area contributed by atoms with E-state index in [1.165, 1.54) is 0 Å². The maximum Gasteiger partial charge on any atom is 0.390 e. The zero-order chi connectivity index (χ0) is 31.8. The lowest BCUT2D eigenvalue weighted by Crippen LogP contribution is -2.24. The van der Waals surface area contributed by atoms with Crippen LogP contribution in [0.2, 0.25) is 0 Å². The highest BCUT2D eigenvalue weighted by molar-refractivity contribution is 5.92. The highest BCUT2D eigenvalue weighted by atomic mass is 19.4. The molecule has 4 rings (SSSR count). The second-order valence-corrected chi connectivity index (χ2v) is 10.1. The monoisotopic (exact) mass is 626 g/mol. The molecule has 17 heteroatoms. The first kappa shape index (κ1) is 33.6. The summed E-state index contributed by atoms with van der Waals surface area (Å²) >= 11 is 0. The van der Waals surface area contributed by atoms with Gasteiger partial charge in [-0.05, 0) is 30.5 Å². The Morgan fingerprint density at radius 3 is 2.21 bits per heavy atom. The highest BCUT2D eigenvalue weighted by Gasteiger charge is 2.30. The van der Waals surface area contributed by atoms with Gasteiger partial charge in [-0.15, -0.1) is 0 Å². The molecule has 1 aliphatic carbocycles. The summed E-state index contributed by atoms with van der Waals surface area (Å²) in [6, 6.07) is 5.77. The van der Waals surface area contributed by atoms with Gasteiger partial charge in [0.2, 0.25) is 11.8 Å². The molecular weight excluding hydrogens is 596 g/mol. The van der Waals surface area contributed by atoms with Crippen LogP contribution >= 0.6 is 0 Å². The van der Waals surface area contributed by atoms with E-state index < -0.39 is 61.5 Å². The van der Waals surface area contributed by atoms with Gasteiger partial charge in [-0.25, -0.2) is 13.8 Å². The number of alkyl halides is 8. The molecule has 4 N–H and O–H groups in total. The Kier molecular flexibility index (Phi) is 11.0. The minimum absolute atomic E-state index is 0.0103. The van der Waals surface area contributed by atoms with E-state index in [4.69, 9.17) is 0 Å². The fourth-order valence-corrected chi connectivity index (χ4v) is 4.13. The molecule has 0 unspecified atom stereocenters. The predicted molar refractivity (Wildman–Crippen MR) is 138 cm³/mol. The number of H-pyrrole nitrogens is 2. The summed E-state index contributed by atoms with van der Waals surface area (Å²) in [5.41, 5.74) is 0.684. The number of aryl methyl sites for hydroxylation is 1. The number of amides is 2. The summed E-state index contributed by atoms with van der Waals surface area (Å²) < 4.78 is 98.6. The summed E-state index contributed by atoms with van der Waals surface area (Å²) in [6.45, 7) is -0.729. The Bertz CT molecular complexity index is 1430. The number of carbonyl (C=O) groups excluding carboxylic acids is 2. The van der Waals surface area contributed by atoms with Gasteiger partial charge in [-0.3, -0.25) is 24.2 Å². The standard InChI is InChI=1S/C20H20F6N6O3.C6H10F2/c21-19(22,23)4-3-16(33)27-9-11-1-2-12-13(7-11)30-15(29-12)10-28-18(35)14-8-17(34)32(31-14)6-5-20(24,25)26;7-6(8)4-2-1-3-5-6/h1-2,7-8,31H,3-6,9-10H2,(H,27,33)(H,28,35)(H,29,30);1-5H2. The smallest absolute Gasteiger partial charge is 0.352 e. The second-order valence-electron chi connectivity index (χ2n) is 10.1. The van der Waals surface area contributed by atoms with E-state index in [-0.39, 0.29) is 31.6 Å². The number of nitrogens with zero attached hydrogens (tertiary/aromatic N) is 2. The summed E-state index contributed by atoms with van der Waals surface area (Å²) in [5, 5.41) is 7.21. The molecule has 238 valence electrons. The van der Waals surface area contributed by atoms with Crippen LogP contribution in [0.25, 0.3) is 11.0 Å². The zero-order valence-corrected chi connectivity index (χ0v) is 22.7. The first-order chi connectivity index (χ1) is 20.0. The first-order valence-corrected chi connectivity index (χ1v) is 13.3. The molecule has 43 heavy (non-hydrogen) atoms. The molecule has 0 atom stereocenters. The van der Waals surface area contributed by atoms with Crippen LogP contribution in [-0.4, -0.2) is 49.8 Å². The van der Waals surface area contributed by atoms with Crippen molar-refractivity contribution in [3.63, 3.8) is 0 Å². The number of benzene rings is 1. The average Bonchev–Trinajstić information content (AvgIpc) is 3.50. The van der Waals surface area contributed by atoms with Gasteiger partial charge >= 0.3 is 12.4 Å². The lowest BCUT2D eigenvalue weighted by Gasteiger charge is -2.20. The van der Waals surface area contributed by atoms with E-state index in [1.54, 1.807) is 18.2 Å². The molecule has 1 aliphatic rings. The van der Waals surface area contributed by atoms with Gasteiger partial charge in [0.25, 0.3) is 11.5 Å². The van der Waals surface area contributed by atoms with Crippen molar-refractivity contribution in [2.45, 2.75) is 89.3 Å². The Morgan fingerprint density at radius 2 is 1.60 bits per heavy atom. The number of hydrogen-bond donors (Lipinski definition) is 4. The SMILES string of the molecule is FC1(F)CCCCC1.O=C(CCC(F)(F)F)NCc1ccc2nc(CNC(=O)c3cc(=O)n(CCC(F)(F)F)[nH]3)[nH]c2c1. The van der Waals surface area contributed by atoms with Crippen LogP contribution in [0.3, 0.4) is 0 Å². The van der Waals surface area contributed by atoms with Crippen molar-refractivity contribution >= 4 is 22.8 Å². The number of aromatic nitrogens is 4. The normalized spacial score (nSPS) is 15.1. The summed E-state index contributed by atoms with van der Waals surface area (Å²) in [7, 11) is 0. The quantitative estimate of drug-likeness (QED) is 0.235. The van der Waals surface area contributed by atoms with Gasteiger partial charge < -0.3 is 15.6 Å². The molecule has 1 fully saturated rings. The number of hydrogen-bond acceptors (Lipinski definition) is 4. The molecule has 1 saturated carbocycles. The van der Waals surface area contributed by atoms with Gasteiger partial charge in [0.1, 0.15) is 11.5 Å². The second kappa shape index (κ2) is 14.0. The predicted octanol–water partition coefficient (Wildman–Crippen LogP) is 5.48. The van der Waals surface area contributed by atoms with E-state index in [1.807, 2.05) is 0 Å². The van der Waals surface area contributed by atoms with Crippen LogP contribution in [0, 0.1) is 0 Å². The van der Waals surface area contributed by atoms with Crippen LogP contribution in [-0.2, 0) is 24.4 Å². The van der Waals surface area contributed by atoms with E-state index in [9.17, 15) is 49.5 Å². The topological polar surface area (TPSA) is 125 Å². The van der Waals surface area contributed by atoms with Gasteiger partial charge in [-0.2, -0.15) is 26.3 Å². The van der Waals surface area contributed by atoms with E-state index in [0.717, 1.165) is 12.5 Å². The van der Waals surface area contributed by atoms with E-state index in [2.05, 4.69) is 25.7 Å². The number of rotatable bonds is 9. The van der Waals surface area contributed by atoms with Crippen molar-refractivity contribution in [3.05, 3.63) is 51.7 Å². The lowest BCUT2D eigenvalue weighted by molar-refractivity contribution is -0.144. The Balaban J connectivity index is 0.000000546. The molecule has 1 aromatic carbocycles. The maximum absolute atomic E-state index is 12.3. The first-order valence-electron chi connectivity index (χ1n) is 13.3. The molecule has 9 nitrogen and oxygen atoms in total. The van der Waals surface area contributed by atoms with Crippen molar-refractivity contribution < 1.29 is 44.7 Å². The van der Waals surface area contributed by atoms with Crippen molar-refractivity contribution in [2.75, 3.05) is 0 Å². The third-order valence-corrected chi connectivity index (χ3v) is 6.37. The van der Waals surface area contributed by atoms with E-state index >= 15 is 0 Å². The summed E-state index contributed by atoms with van der Waals surface area (Å²) in [4.78, 5) is 42.8. The van der Waals surface area contributed by atoms with Crippen LogP contribution in [0.1, 0.15) is 73.2 Å². The number of fused-ring (bicyclic) bond motifs is 1. The molecule has 2 aromatic heterocycles. The van der Waals surface area contributed by atoms with Crippen LogP contribution < -0.4 is 16.2 Å². The molecule has 0 spiro atoms. The fourth-order valence-electron chi connectivity index (χ4n) is 4.13. The molecule has 0 radical (unpaired) electrons. The Hall–Kier alpha value is -3.92. The van der Waals surface area contributed by atoms with Crippen LogP contribution in [0.5, 0.6) is 0 Å². The Labute approximate surface area is 239 Å². The van der Waals surface area contributed by atoms with Gasteiger partial charge in [0.15, 0.2) is 0 Å². The maximum atomic E-state index is 12.3. The highest BCUT2D eigenvalue weighted by Crippen LogP contribution is 2.32. The fraction of sp³-hybridized carbons (Fsp3) is 0.538. The average molecular weight is 627 g/mol. The number of imidazole rings is 1. The number of nitrogens with one attached hydrogen (secondary N) is 4. The summed E-state index contributed by atoms with van der Waals surface area (Å²) in [5.74, 6) is -3.45. The minimum Gasteiger partial charge on any atom is -0.352 e. The van der Waals surface area contributed by atoms with Gasteiger partial charge in [-0.1, -0.05) is 12.5 Å². The number of halogens is 8. The van der Waals surface area contributed by atoms with Crippen LogP contribution in [0.15, 0.2) is 29.1 Å². The van der Waals surface area contributed by atoms with Gasteiger partial charge in [0, 0.05) is 31.9 Å². The number of aromatic amines is 2. The van der Waals surface area contributed by atoms with Gasteiger partial charge in [0.05, 0.1) is 37.0 Å². The molecular formula is C26H30F8N6O3. The molecule has 2 amide bonds. The van der Waals surface area contributed by atoms with Crippen molar-refractivity contribution in [3.8, 4) is 0 Å². The molecule has 0 aliphatic heterocycles. The lowest BCUT2D eigenvalue weighted by atomic mass is 9.97.